The van der Waals surface area contributed by atoms with Crippen LogP contribution >= 0.6 is 11.6 Å². The zero-order valence-corrected chi connectivity index (χ0v) is 12.8. The molecule has 0 spiro atoms. The van der Waals surface area contributed by atoms with Crippen molar-refractivity contribution in [2.45, 2.75) is 19.4 Å². The molecule has 1 heterocycles. The topological polar surface area (TPSA) is 81.1 Å². The highest BCUT2D eigenvalue weighted by Crippen LogP contribution is 2.26. The molecule has 0 aliphatic heterocycles. The molecule has 1 atom stereocenters. The lowest BCUT2D eigenvalue weighted by atomic mass is 10.1. The highest BCUT2D eigenvalue weighted by Gasteiger charge is 2.19. The molecule has 7 heteroatoms. The number of hydrogen-bond acceptors (Lipinski definition) is 4. The van der Waals surface area contributed by atoms with E-state index in [2.05, 4.69) is 5.10 Å². The molecule has 1 aromatic carbocycles. The van der Waals surface area contributed by atoms with Gasteiger partial charge in [0.1, 0.15) is 11.5 Å². The van der Waals surface area contributed by atoms with Crippen molar-refractivity contribution in [3.63, 3.8) is 0 Å². The number of aliphatic hydroxyl groups is 1. The third-order valence-corrected chi connectivity index (χ3v) is 3.68. The summed E-state index contributed by atoms with van der Waals surface area (Å²) in [5.74, 6) is -0.680. The van der Waals surface area contributed by atoms with Crippen LogP contribution in [0.3, 0.4) is 0 Å². The Morgan fingerprint density at radius 3 is 2.77 bits per heavy atom. The smallest absolute Gasteiger partial charge is 0.177 e. The maximum absolute atomic E-state index is 13.3. The van der Waals surface area contributed by atoms with Crippen LogP contribution in [0.5, 0.6) is 0 Å². The average molecular weight is 326 g/mol. The van der Waals surface area contributed by atoms with E-state index in [0.29, 0.717) is 23.4 Å². The van der Waals surface area contributed by atoms with Gasteiger partial charge in [-0.1, -0.05) is 11.6 Å². The van der Waals surface area contributed by atoms with Crippen molar-refractivity contribution >= 4 is 17.4 Å². The fourth-order valence-corrected chi connectivity index (χ4v) is 2.40. The second kappa shape index (κ2) is 7.00. The van der Waals surface area contributed by atoms with Gasteiger partial charge >= 0.3 is 0 Å². The van der Waals surface area contributed by atoms with Crippen LogP contribution < -0.4 is 5.73 Å². The Balaban J connectivity index is 2.50. The van der Waals surface area contributed by atoms with Crippen molar-refractivity contribution in [1.82, 2.24) is 9.78 Å². The van der Waals surface area contributed by atoms with E-state index in [1.165, 1.54) is 23.7 Å². The Morgan fingerprint density at radius 1 is 1.50 bits per heavy atom. The molecule has 0 amide bonds. The van der Waals surface area contributed by atoms with E-state index >= 15 is 0 Å². The van der Waals surface area contributed by atoms with Gasteiger partial charge in [0.05, 0.1) is 16.8 Å². The van der Waals surface area contributed by atoms with Crippen molar-refractivity contribution in [3.8, 4) is 11.3 Å². The van der Waals surface area contributed by atoms with E-state index in [0.717, 1.165) is 0 Å². The molecule has 0 aliphatic carbocycles. The van der Waals surface area contributed by atoms with E-state index in [1.807, 2.05) is 0 Å². The lowest BCUT2D eigenvalue weighted by molar-refractivity contribution is 0.0999. The van der Waals surface area contributed by atoms with Crippen LogP contribution in [0.15, 0.2) is 24.3 Å². The number of ketones is 1. The van der Waals surface area contributed by atoms with Gasteiger partial charge in [-0.3, -0.25) is 9.48 Å². The van der Waals surface area contributed by atoms with E-state index in [1.54, 1.807) is 12.1 Å². The molecular weight excluding hydrogens is 309 g/mol. The standard InChI is InChI=1S/C15H17ClFN3O2/c1-9(22)15-7-14(10-2-3-13(17)12(16)6-10)19-20(15)11(8-18)4-5-21/h2-3,6-7,11,21H,4-5,8,18H2,1H3. The van der Waals surface area contributed by atoms with Crippen LogP contribution in [0.25, 0.3) is 11.3 Å². The number of aliphatic hydroxyl groups excluding tert-OH is 1. The Kier molecular flexibility index (Phi) is 5.28. The van der Waals surface area contributed by atoms with Gasteiger partial charge in [-0.25, -0.2) is 4.39 Å². The van der Waals surface area contributed by atoms with Gasteiger partial charge < -0.3 is 10.8 Å². The fourth-order valence-electron chi connectivity index (χ4n) is 2.22. The minimum absolute atomic E-state index is 0.0119. The molecule has 1 aromatic heterocycles. The van der Waals surface area contributed by atoms with Crippen molar-refractivity contribution in [2.75, 3.05) is 13.2 Å². The minimum Gasteiger partial charge on any atom is -0.396 e. The quantitative estimate of drug-likeness (QED) is 0.799. The number of carbonyl (C=O) groups excluding carboxylic acids is 1. The summed E-state index contributed by atoms with van der Waals surface area (Å²) in [4.78, 5) is 11.8. The molecule has 22 heavy (non-hydrogen) atoms. The second-order valence-electron chi connectivity index (χ2n) is 4.95. The molecule has 3 N–H and O–H groups in total. The molecule has 2 aromatic rings. The first-order valence-electron chi connectivity index (χ1n) is 6.84. The third-order valence-electron chi connectivity index (χ3n) is 3.39. The highest BCUT2D eigenvalue weighted by molar-refractivity contribution is 6.31. The Labute approximate surface area is 132 Å². The number of rotatable bonds is 6. The number of nitrogens with zero attached hydrogens (tertiary/aromatic N) is 2. The van der Waals surface area contributed by atoms with Gasteiger partial charge in [-0.15, -0.1) is 0 Å². The van der Waals surface area contributed by atoms with Crippen LogP contribution in [0, 0.1) is 5.82 Å². The van der Waals surface area contributed by atoms with Crippen molar-refractivity contribution in [3.05, 3.63) is 40.8 Å². The lowest BCUT2D eigenvalue weighted by Crippen LogP contribution is -2.24. The molecule has 0 fully saturated rings. The van der Waals surface area contributed by atoms with Crippen LogP contribution in [-0.4, -0.2) is 33.8 Å². The van der Waals surface area contributed by atoms with Crippen molar-refractivity contribution in [2.24, 2.45) is 5.73 Å². The first-order valence-corrected chi connectivity index (χ1v) is 7.22. The van der Waals surface area contributed by atoms with E-state index in [4.69, 9.17) is 22.4 Å². The predicted molar refractivity (Wildman–Crippen MR) is 82.4 cm³/mol. The first kappa shape index (κ1) is 16.6. The summed E-state index contributed by atoms with van der Waals surface area (Å²) >= 11 is 5.78. The van der Waals surface area contributed by atoms with Gasteiger partial charge in [-0.05, 0) is 30.7 Å². The van der Waals surface area contributed by atoms with Gasteiger partial charge in [0.2, 0.25) is 0 Å². The number of Topliss-reactive ketones (excluding diaryl/α,β-unsaturated/α-hetero) is 1. The summed E-state index contributed by atoms with van der Waals surface area (Å²) in [7, 11) is 0. The molecule has 0 bridgehead atoms. The zero-order valence-electron chi connectivity index (χ0n) is 12.1. The second-order valence-corrected chi connectivity index (χ2v) is 5.35. The monoisotopic (exact) mass is 325 g/mol. The van der Waals surface area contributed by atoms with E-state index in [-0.39, 0.29) is 30.0 Å². The summed E-state index contributed by atoms with van der Waals surface area (Å²) in [6.45, 7) is 1.62. The zero-order chi connectivity index (χ0) is 16.3. The minimum atomic E-state index is -0.517. The number of aromatic nitrogens is 2. The molecule has 0 saturated heterocycles. The van der Waals surface area contributed by atoms with Crippen LogP contribution in [0.2, 0.25) is 5.02 Å². The normalized spacial score (nSPS) is 12.4. The molecular formula is C15H17ClFN3O2. The van der Waals surface area contributed by atoms with Crippen molar-refractivity contribution < 1.29 is 14.3 Å². The molecule has 118 valence electrons. The van der Waals surface area contributed by atoms with Gasteiger partial charge in [0.15, 0.2) is 5.78 Å². The number of halogens is 2. The van der Waals surface area contributed by atoms with Gasteiger partial charge in [-0.2, -0.15) is 5.10 Å². The van der Waals surface area contributed by atoms with Crippen LogP contribution in [-0.2, 0) is 0 Å². The first-order chi connectivity index (χ1) is 10.5. The SMILES string of the molecule is CC(=O)c1cc(-c2ccc(F)c(Cl)c2)nn1C(CN)CCO. The van der Waals surface area contributed by atoms with Crippen LogP contribution in [0.4, 0.5) is 4.39 Å². The molecule has 0 radical (unpaired) electrons. The van der Waals surface area contributed by atoms with Crippen molar-refractivity contribution in [1.29, 1.82) is 0 Å². The summed E-state index contributed by atoms with van der Waals surface area (Å²) in [6.07, 6.45) is 0.391. The predicted octanol–water partition coefficient (Wildman–Crippen LogP) is 2.43. The molecule has 1 unspecified atom stereocenters. The van der Waals surface area contributed by atoms with Crippen LogP contribution in [0.1, 0.15) is 29.9 Å². The maximum atomic E-state index is 13.3. The van der Waals surface area contributed by atoms with E-state index < -0.39 is 5.82 Å². The molecule has 5 nitrogen and oxygen atoms in total. The third kappa shape index (κ3) is 3.35. The number of nitrogens with two attached hydrogens (primary N) is 1. The summed E-state index contributed by atoms with van der Waals surface area (Å²) in [6, 6.07) is 5.58. The maximum Gasteiger partial charge on any atom is 0.177 e. The average Bonchev–Trinajstić information content (AvgIpc) is 2.92. The number of benzene rings is 1. The largest absolute Gasteiger partial charge is 0.396 e. The number of hydrogen-bond donors (Lipinski definition) is 2. The lowest BCUT2D eigenvalue weighted by Gasteiger charge is -2.16. The number of carbonyl (C=O) groups is 1. The Hall–Kier alpha value is -1.76. The highest BCUT2D eigenvalue weighted by atomic mass is 35.5. The molecule has 0 saturated carbocycles. The van der Waals surface area contributed by atoms with Gasteiger partial charge in [0, 0.05) is 25.6 Å². The van der Waals surface area contributed by atoms with Gasteiger partial charge in [0.25, 0.3) is 0 Å². The van der Waals surface area contributed by atoms with E-state index in [9.17, 15) is 9.18 Å². The Morgan fingerprint density at radius 2 is 2.23 bits per heavy atom. The Bertz CT molecular complexity index is 687. The summed E-state index contributed by atoms with van der Waals surface area (Å²) in [5.41, 5.74) is 7.19. The molecule has 0 aliphatic rings. The summed E-state index contributed by atoms with van der Waals surface area (Å²) in [5, 5.41) is 13.5. The fraction of sp³-hybridized carbons (Fsp3) is 0.333. The summed E-state index contributed by atoms with van der Waals surface area (Å²) < 4.78 is 14.8. The molecule has 2 rings (SSSR count).